The number of aromatic nitrogens is 3. The molecule has 5 rings (SSSR count). The van der Waals surface area contributed by atoms with Gasteiger partial charge in [-0.15, -0.1) is 11.3 Å². The van der Waals surface area contributed by atoms with Gasteiger partial charge in [0.2, 0.25) is 10.4 Å². The molecule has 2 atom stereocenters. The van der Waals surface area contributed by atoms with Crippen molar-refractivity contribution in [2.75, 3.05) is 32.0 Å². The number of carboxylic acid groups (broad SMARTS) is 1. The molecular formula is C31H38N8O10S2. The number of amides is 1. The van der Waals surface area contributed by atoms with E-state index in [1.54, 1.807) is 18.3 Å². The lowest BCUT2D eigenvalue weighted by Crippen LogP contribution is -2.68. The number of aliphatic carboxylic acids is 1. The predicted molar refractivity (Wildman–Crippen MR) is 179 cm³/mol. The second-order valence-corrected chi connectivity index (χ2v) is 14.4. The molecule has 0 saturated carbocycles. The Bertz CT molecular complexity index is 1900. The highest BCUT2D eigenvalue weighted by Gasteiger charge is 2.57. The SMILES string of the molecule is CC1(C)[C@H](CC(=O)/C(=N\O[C@@H](COc2ccc(-c3cnc(CCCN)[n+](CC4CNC4)c3)cc2)C(=O)O)c2csc(N)n2)C(=O)N1OS(=O)(=O)[O-]. The number of nitrogens with zero attached hydrogens (tertiary/aromatic N) is 5. The van der Waals surface area contributed by atoms with E-state index in [0.29, 0.717) is 23.3 Å². The van der Waals surface area contributed by atoms with Gasteiger partial charge in [0.15, 0.2) is 22.8 Å². The average Bonchev–Trinajstić information content (AvgIpc) is 3.49. The van der Waals surface area contributed by atoms with Gasteiger partial charge >= 0.3 is 5.97 Å². The molecular weight excluding hydrogens is 709 g/mol. The maximum absolute atomic E-state index is 13.4. The molecule has 1 aromatic carbocycles. The van der Waals surface area contributed by atoms with Gasteiger partial charge in [-0.05, 0) is 44.5 Å². The van der Waals surface area contributed by atoms with Crippen LogP contribution in [0.25, 0.3) is 11.1 Å². The summed E-state index contributed by atoms with van der Waals surface area (Å²) in [6.45, 7) is 5.64. The molecule has 0 spiro atoms. The van der Waals surface area contributed by atoms with Gasteiger partial charge in [-0.25, -0.2) is 22.8 Å². The van der Waals surface area contributed by atoms with Gasteiger partial charge in [0.05, 0.1) is 30.0 Å². The van der Waals surface area contributed by atoms with Crippen molar-refractivity contribution in [1.29, 1.82) is 0 Å². The molecule has 0 radical (unpaired) electrons. The van der Waals surface area contributed by atoms with Crippen molar-refractivity contribution in [3.05, 3.63) is 53.6 Å². The van der Waals surface area contributed by atoms with Gasteiger partial charge in [-0.1, -0.05) is 22.3 Å². The van der Waals surface area contributed by atoms with Gasteiger partial charge in [0.1, 0.15) is 24.2 Å². The highest BCUT2D eigenvalue weighted by atomic mass is 32.3. The van der Waals surface area contributed by atoms with Gasteiger partial charge < -0.3 is 36.0 Å². The number of nitrogen functional groups attached to an aromatic ring is 1. The van der Waals surface area contributed by atoms with Gasteiger partial charge in [-0.2, -0.15) is 9.35 Å². The van der Waals surface area contributed by atoms with Crippen LogP contribution in [0.3, 0.4) is 0 Å². The van der Waals surface area contributed by atoms with Crippen molar-refractivity contribution in [2.45, 2.75) is 51.3 Å². The highest BCUT2D eigenvalue weighted by Crippen LogP contribution is 2.40. The summed E-state index contributed by atoms with van der Waals surface area (Å²) in [5, 5.41) is 18.8. The van der Waals surface area contributed by atoms with Gasteiger partial charge in [0.25, 0.3) is 17.8 Å². The van der Waals surface area contributed by atoms with Crippen LogP contribution in [0.2, 0.25) is 0 Å². The minimum atomic E-state index is -5.24. The number of nitrogens with one attached hydrogen (secondary N) is 1. The topological polar surface area (TPSA) is 266 Å². The fourth-order valence-corrected chi connectivity index (χ4v) is 6.48. The Labute approximate surface area is 297 Å². The molecule has 2 fully saturated rings. The Kier molecular flexibility index (Phi) is 11.6. The fraction of sp³-hybridized carbons (Fsp3) is 0.452. The predicted octanol–water partition coefficient (Wildman–Crippen LogP) is 0.0264. The van der Waals surface area contributed by atoms with Gasteiger partial charge in [-0.3, -0.25) is 9.59 Å². The molecule has 1 amide bonds. The van der Waals surface area contributed by atoms with Crippen LogP contribution in [0.4, 0.5) is 5.13 Å². The van der Waals surface area contributed by atoms with E-state index in [1.165, 1.54) is 19.2 Å². The zero-order valence-electron chi connectivity index (χ0n) is 27.8. The lowest BCUT2D eigenvalue weighted by atomic mass is 9.74. The maximum Gasteiger partial charge on any atom is 0.351 e. The first kappa shape index (κ1) is 37.7. The number of benzene rings is 1. The Balaban J connectivity index is 1.25. The summed E-state index contributed by atoms with van der Waals surface area (Å²) in [7, 11) is -5.24. The number of carboxylic acids is 1. The van der Waals surface area contributed by atoms with E-state index in [0.717, 1.165) is 60.8 Å². The first-order valence-corrected chi connectivity index (χ1v) is 18.1. The zero-order valence-corrected chi connectivity index (χ0v) is 29.4. The Hall–Kier alpha value is -4.60. The Morgan fingerprint density at radius 3 is 2.55 bits per heavy atom. The molecule has 2 aromatic heterocycles. The quantitative estimate of drug-likeness (QED) is 0.0334. The molecule has 4 heterocycles. The highest BCUT2D eigenvalue weighted by molar-refractivity contribution is 7.80. The van der Waals surface area contributed by atoms with Crippen LogP contribution < -0.4 is 26.1 Å². The summed E-state index contributed by atoms with van der Waals surface area (Å²) >= 11 is 0.982. The molecule has 0 bridgehead atoms. The number of rotatable bonds is 18. The fourth-order valence-electron chi connectivity index (χ4n) is 5.49. The van der Waals surface area contributed by atoms with Crippen molar-refractivity contribution < 1.29 is 50.9 Å². The first-order valence-electron chi connectivity index (χ1n) is 15.9. The van der Waals surface area contributed by atoms with Gasteiger partial charge in [0, 0.05) is 30.8 Å². The van der Waals surface area contributed by atoms with Crippen molar-refractivity contribution in [3.63, 3.8) is 0 Å². The molecule has 0 unspecified atom stereocenters. The van der Waals surface area contributed by atoms with Crippen LogP contribution in [0.15, 0.2) is 47.2 Å². The second-order valence-electron chi connectivity index (χ2n) is 12.6. The molecule has 0 aliphatic carbocycles. The number of nitrogens with two attached hydrogens (primary N) is 2. The second kappa shape index (κ2) is 15.7. The summed E-state index contributed by atoms with van der Waals surface area (Å²) in [5.74, 6) is -2.41. The summed E-state index contributed by atoms with van der Waals surface area (Å²) in [6, 6.07) is 6.99. The molecule has 2 saturated heterocycles. The van der Waals surface area contributed by atoms with Crippen molar-refractivity contribution in [2.24, 2.45) is 22.7 Å². The number of thiazole rings is 1. The number of ether oxygens (including phenoxy) is 1. The number of β-lactam (4-membered cyclic amide) rings is 1. The first-order chi connectivity index (χ1) is 24.2. The largest absolute Gasteiger partial charge is 0.724 e. The minimum Gasteiger partial charge on any atom is -0.724 e. The standard InChI is InChI=1S/C31H38N8O10S2/c1-31(2)22(28(41)39(31)49-51(44,45)46)10-24(40)27(23-17-50-30(33)36-23)37-48-25(29(42)43)16-47-21-7-5-19(6-8-21)20-13-35-26(4-3-9-32)38(15-20)14-18-11-34-12-18/h5-8,13,15,17-18,22,25,34H,3-4,9-12,14,16,32H2,1-2H3,(H3-,33,36,42,43,44,45,46)/b37-27-/t22-,25+/m1/s1. The van der Waals surface area contributed by atoms with E-state index in [4.69, 9.17) is 26.0 Å². The Morgan fingerprint density at radius 1 is 1.25 bits per heavy atom. The maximum atomic E-state index is 13.4. The van der Waals surface area contributed by atoms with Crippen LogP contribution in [0.1, 0.15) is 38.2 Å². The van der Waals surface area contributed by atoms with Crippen LogP contribution in [0, 0.1) is 11.8 Å². The van der Waals surface area contributed by atoms with E-state index >= 15 is 0 Å². The monoisotopic (exact) mass is 746 g/mol. The summed E-state index contributed by atoms with van der Waals surface area (Å²) in [5.41, 5.74) is 11.4. The third-order valence-corrected chi connectivity index (χ3v) is 9.50. The lowest BCUT2D eigenvalue weighted by Gasteiger charge is -2.51. The number of hydroxylamine groups is 2. The van der Waals surface area contributed by atoms with Crippen molar-refractivity contribution >= 4 is 50.2 Å². The number of hydrogen-bond donors (Lipinski definition) is 4. The zero-order chi connectivity index (χ0) is 36.9. The third-order valence-electron chi connectivity index (χ3n) is 8.50. The number of aryl methyl sites for hydroxylation is 1. The molecule has 51 heavy (non-hydrogen) atoms. The van der Waals surface area contributed by atoms with Crippen molar-refractivity contribution in [1.82, 2.24) is 20.3 Å². The van der Waals surface area contributed by atoms with E-state index in [-0.39, 0.29) is 10.8 Å². The van der Waals surface area contributed by atoms with Crippen LogP contribution in [-0.4, -0.2) is 94.4 Å². The van der Waals surface area contributed by atoms with E-state index < -0.39 is 64.4 Å². The number of hydrogen-bond acceptors (Lipinski definition) is 16. The average molecular weight is 747 g/mol. The van der Waals surface area contributed by atoms with E-state index in [1.807, 2.05) is 12.1 Å². The third kappa shape index (κ3) is 9.20. The Morgan fingerprint density at radius 2 is 1.98 bits per heavy atom. The molecule has 20 heteroatoms. The molecule has 3 aromatic rings. The molecule has 18 nitrogen and oxygen atoms in total. The number of carbonyl (C=O) groups excluding carboxylic acids is 2. The summed E-state index contributed by atoms with van der Waals surface area (Å²) in [6.07, 6.45) is 3.30. The molecule has 6 N–H and O–H groups in total. The number of Topliss-reactive ketones (excluding diaryl/α,β-unsaturated/α-hetero) is 1. The van der Waals surface area contributed by atoms with Crippen LogP contribution >= 0.6 is 11.3 Å². The molecule has 2 aliphatic rings. The summed E-state index contributed by atoms with van der Waals surface area (Å²) < 4.78 is 45.2. The van der Waals surface area contributed by atoms with Crippen LogP contribution in [0.5, 0.6) is 5.75 Å². The number of carbonyl (C=O) groups is 3. The molecule has 274 valence electrons. The van der Waals surface area contributed by atoms with Crippen LogP contribution in [-0.2, 0) is 46.9 Å². The van der Waals surface area contributed by atoms with E-state index in [9.17, 15) is 32.5 Å². The summed E-state index contributed by atoms with van der Waals surface area (Å²) in [4.78, 5) is 52.0. The van der Waals surface area contributed by atoms with Crippen molar-refractivity contribution in [3.8, 4) is 16.9 Å². The molecule has 2 aliphatic heterocycles. The number of ketones is 1. The smallest absolute Gasteiger partial charge is 0.351 e. The number of oxime groups is 1. The normalized spacial score (nSPS) is 18.1. The van der Waals surface area contributed by atoms with E-state index in [2.05, 4.69) is 30.5 Å². The lowest BCUT2D eigenvalue weighted by molar-refractivity contribution is -0.713. The minimum absolute atomic E-state index is 0.0319. The number of anilines is 1.